The number of rotatable bonds is 6. The quantitative estimate of drug-likeness (QED) is 0.774. The lowest BCUT2D eigenvalue weighted by Crippen LogP contribution is -2.11. The minimum Gasteiger partial charge on any atom is -0.492 e. The van der Waals surface area contributed by atoms with Crippen LogP contribution in [0, 0.1) is 6.92 Å². The zero-order chi connectivity index (χ0) is 12.0. The van der Waals surface area contributed by atoms with Gasteiger partial charge in [-0.25, -0.2) is 0 Å². The van der Waals surface area contributed by atoms with Gasteiger partial charge in [-0.3, -0.25) is 4.79 Å². The average molecular weight is 239 g/mol. The van der Waals surface area contributed by atoms with Crippen molar-refractivity contribution in [3.63, 3.8) is 0 Å². The Morgan fingerprint density at radius 2 is 2.25 bits per heavy atom. The normalized spacial score (nSPS) is 10.1. The highest BCUT2D eigenvalue weighted by Crippen LogP contribution is 2.19. The van der Waals surface area contributed by atoms with Crippen molar-refractivity contribution in [1.82, 2.24) is 0 Å². The van der Waals surface area contributed by atoms with Crippen LogP contribution in [0.2, 0.25) is 0 Å². The predicted molar refractivity (Wildman–Crippen MR) is 68.2 cm³/mol. The number of aryl methyl sites for hydroxylation is 1. The van der Waals surface area contributed by atoms with E-state index in [2.05, 4.69) is 6.92 Å². The highest BCUT2D eigenvalue weighted by atomic mass is 32.2. The molecule has 3 nitrogen and oxygen atoms in total. The maximum Gasteiger partial charge on any atom is 0.248 e. The van der Waals surface area contributed by atoms with Gasteiger partial charge in [0.15, 0.2) is 0 Å². The summed E-state index contributed by atoms with van der Waals surface area (Å²) in [6.45, 7) is 4.72. The highest BCUT2D eigenvalue weighted by molar-refractivity contribution is 7.99. The first-order chi connectivity index (χ1) is 7.65. The van der Waals surface area contributed by atoms with Crippen molar-refractivity contribution < 1.29 is 9.53 Å². The second kappa shape index (κ2) is 6.43. The smallest absolute Gasteiger partial charge is 0.248 e. The maximum absolute atomic E-state index is 11.0. The number of nitrogens with two attached hydrogens (primary N) is 1. The molecule has 0 saturated heterocycles. The van der Waals surface area contributed by atoms with Crippen LogP contribution in [0.3, 0.4) is 0 Å². The van der Waals surface area contributed by atoms with E-state index in [1.54, 1.807) is 12.1 Å². The SMILES string of the molecule is CCSCCOc1cc(C(N)=O)ccc1C. The Bertz CT molecular complexity index is 366. The fraction of sp³-hybridized carbons (Fsp3) is 0.417. The highest BCUT2D eigenvalue weighted by Gasteiger charge is 2.05. The minimum absolute atomic E-state index is 0.423. The lowest BCUT2D eigenvalue weighted by Gasteiger charge is -2.09. The van der Waals surface area contributed by atoms with E-state index in [0.717, 1.165) is 22.8 Å². The van der Waals surface area contributed by atoms with E-state index in [0.29, 0.717) is 12.2 Å². The third-order valence-corrected chi connectivity index (χ3v) is 3.03. The number of hydrogen-bond acceptors (Lipinski definition) is 3. The molecule has 0 fully saturated rings. The van der Waals surface area contributed by atoms with Crippen LogP contribution in [0.4, 0.5) is 0 Å². The van der Waals surface area contributed by atoms with E-state index in [1.165, 1.54) is 0 Å². The topological polar surface area (TPSA) is 52.3 Å². The third kappa shape index (κ3) is 3.77. The molecule has 0 aliphatic rings. The van der Waals surface area contributed by atoms with Gasteiger partial charge in [0.25, 0.3) is 0 Å². The molecule has 0 bridgehead atoms. The van der Waals surface area contributed by atoms with Gasteiger partial charge in [0.1, 0.15) is 5.75 Å². The molecule has 1 amide bonds. The minimum atomic E-state index is -0.423. The number of primary amides is 1. The van der Waals surface area contributed by atoms with Crippen molar-refractivity contribution in [2.45, 2.75) is 13.8 Å². The van der Waals surface area contributed by atoms with Crippen LogP contribution in [0.5, 0.6) is 5.75 Å². The lowest BCUT2D eigenvalue weighted by molar-refractivity contribution is 0.1000. The van der Waals surface area contributed by atoms with Gasteiger partial charge < -0.3 is 10.5 Å². The van der Waals surface area contributed by atoms with Crippen molar-refractivity contribution in [3.8, 4) is 5.75 Å². The van der Waals surface area contributed by atoms with Gasteiger partial charge in [0, 0.05) is 11.3 Å². The number of amides is 1. The van der Waals surface area contributed by atoms with Gasteiger partial charge in [-0.2, -0.15) is 11.8 Å². The summed E-state index contributed by atoms with van der Waals surface area (Å²) < 4.78 is 5.60. The predicted octanol–water partition coefficient (Wildman–Crippen LogP) is 2.23. The molecule has 0 aliphatic heterocycles. The first-order valence-corrected chi connectivity index (χ1v) is 6.41. The molecule has 0 heterocycles. The van der Waals surface area contributed by atoms with Gasteiger partial charge in [-0.1, -0.05) is 13.0 Å². The van der Waals surface area contributed by atoms with Crippen LogP contribution < -0.4 is 10.5 Å². The summed E-state index contributed by atoms with van der Waals surface area (Å²) in [7, 11) is 0. The van der Waals surface area contributed by atoms with Crippen molar-refractivity contribution >= 4 is 17.7 Å². The van der Waals surface area contributed by atoms with Crippen LogP contribution in [0.25, 0.3) is 0 Å². The number of thioether (sulfide) groups is 1. The number of carbonyl (C=O) groups is 1. The third-order valence-electron chi connectivity index (χ3n) is 2.16. The molecular formula is C12H17NO2S. The summed E-state index contributed by atoms with van der Waals surface area (Å²) in [5, 5.41) is 0. The standard InChI is InChI=1S/C12H17NO2S/c1-3-16-7-6-15-11-8-10(12(13)14)5-4-9(11)2/h4-5,8H,3,6-7H2,1-2H3,(H2,13,14). The monoisotopic (exact) mass is 239 g/mol. The van der Waals surface area contributed by atoms with Crippen LogP contribution in [0.15, 0.2) is 18.2 Å². The molecule has 0 radical (unpaired) electrons. The molecule has 1 aromatic rings. The second-order valence-corrected chi connectivity index (χ2v) is 4.78. The average Bonchev–Trinajstić information content (AvgIpc) is 2.26. The Hall–Kier alpha value is -1.16. The Morgan fingerprint density at radius 1 is 1.50 bits per heavy atom. The summed E-state index contributed by atoms with van der Waals surface area (Å²) in [6.07, 6.45) is 0. The van der Waals surface area contributed by atoms with Crippen LogP contribution >= 0.6 is 11.8 Å². The van der Waals surface area contributed by atoms with Crippen molar-refractivity contribution in [2.24, 2.45) is 5.73 Å². The Labute approximate surface area is 100 Å². The van der Waals surface area contributed by atoms with Crippen LogP contribution in [0.1, 0.15) is 22.8 Å². The maximum atomic E-state index is 11.0. The number of benzene rings is 1. The van der Waals surface area contributed by atoms with E-state index >= 15 is 0 Å². The number of carbonyl (C=O) groups excluding carboxylic acids is 1. The summed E-state index contributed by atoms with van der Waals surface area (Å²) in [6, 6.07) is 5.27. The molecule has 1 rings (SSSR count). The first-order valence-electron chi connectivity index (χ1n) is 5.26. The molecule has 2 N–H and O–H groups in total. The first kappa shape index (κ1) is 12.9. The molecule has 4 heteroatoms. The Kier molecular flexibility index (Phi) is 5.19. The fourth-order valence-corrected chi connectivity index (χ4v) is 1.75. The number of ether oxygens (including phenoxy) is 1. The van der Waals surface area contributed by atoms with Gasteiger partial charge in [0.05, 0.1) is 6.61 Å². The molecule has 0 aromatic heterocycles. The fourth-order valence-electron chi connectivity index (χ4n) is 1.26. The Balaban J connectivity index is 2.63. The van der Waals surface area contributed by atoms with Crippen molar-refractivity contribution in [2.75, 3.05) is 18.1 Å². The van der Waals surface area contributed by atoms with Crippen molar-refractivity contribution in [1.29, 1.82) is 0 Å². The van der Waals surface area contributed by atoms with Crippen LogP contribution in [-0.4, -0.2) is 24.0 Å². The van der Waals surface area contributed by atoms with E-state index in [4.69, 9.17) is 10.5 Å². The zero-order valence-corrected chi connectivity index (χ0v) is 10.5. The molecule has 16 heavy (non-hydrogen) atoms. The molecule has 88 valence electrons. The van der Waals surface area contributed by atoms with E-state index in [-0.39, 0.29) is 0 Å². The number of hydrogen-bond donors (Lipinski definition) is 1. The molecule has 0 atom stereocenters. The van der Waals surface area contributed by atoms with Gasteiger partial charge in [-0.05, 0) is 30.4 Å². The molecule has 0 unspecified atom stereocenters. The van der Waals surface area contributed by atoms with Crippen molar-refractivity contribution in [3.05, 3.63) is 29.3 Å². The van der Waals surface area contributed by atoms with E-state index in [9.17, 15) is 4.79 Å². The zero-order valence-electron chi connectivity index (χ0n) is 9.66. The van der Waals surface area contributed by atoms with Crippen LogP contribution in [-0.2, 0) is 0 Å². The van der Waals surface area contributed by atoms with E-state index in [1.807, 2.05) is 24.8 Å². The molecule has 0 saturated carbocycles. The largest absolute Gasteiger partial charge is 0.492 e. The summed E-state index contributed by atoms with van der Waals surface area (Å²) >= 11 is 1.83. The van der Waals surface area contributed by atoms with Gasteiger partial charge >= 0.3 is 0 Å². The lowest BCUT2D eigenvalue weighted by atomic mass is 10.1. The van der Waals surface area contributed by atoms with Gasteiger partial charge in [0.2, 0.25) is 5.91 Å². The summed E-state index contributed by atoms with van der Waals surface area (Å²) in [5.41, 5.74) is 6.72. The summed E-state index contributed by atoms with van der Waals surface area (Å²) in [4.78, 5) is 11.0. The van der Waals surface area contributed by atoms with Gasteiger partial charge in [-0.15, -0.1) is 0 Å². The summed E-state index contributed by atoms with van der Waals surface area (Å²) in [5.74, 6) is 2.36. The molecule has 0 aliphatic carbocycles. The molecule has 1 aromatic carbocycles. The van der Waals surface area contributed by atoms with E-state index < -0.39 is 5.91 Å². The second-order valence-electron chi connectivity index (χ2n) is 3.39. The Morgan fingerprint density at radius 3 is 2.88 bits per heavy atom. The molecular weight excluding hydrogens is 222 g/mol. The molecule has 0 spiro atoms.